The molecule has 1 aromatic heterocycles. The number of alkyl halides is 2. The number of rotatable bonds is 7. The quantitative estimate of drug-likeness (QED) is 0.151. The second-order valence-corrected chi connectivity index (χ2v) is 9.84. The zero-order chi connectivity index (χ0) is 27.0. The third kappa shape index (κ3) is 5.38. The molecule has 0 saturated carbocycles. The maximum Gasteiger partial charge on any atom is 0.454 e. The topological polar surface area (TPSA) is 22.1 Å². The van der Waals surface area contributed by atoms with Crippen LogP contribution in [-0.2, 0) is 19.0 Å². The normalized spacial score (nSPS) is 11.8. The van der Waals surface area contributed by atoms with Crippen LogP contribution in [0.3, 0.4) is 0 Å². The summed E-state index contributed by atoms with van der Waals surface area (Å²) < 4.78 is 88.9. The van der Waals surface area contributed by atoms with Crippen molar-refractivity contribution in [2.24, 2.45) is 0 Å². The smallest absolute Gasteiger partial charge is 0.427 e. The molecule has 0 aliphatic carbocycles. The number of fused-ring (bicyclic) bond motifs is 1. The maximum absolute atomic E-state index is 14.8. The average Bonchev–Trinajstić information content (AvgIpc) is 3.31. The first-order valence-corrected chi connectivity index (χ1v) is 12.4. The van der Waals surface area contributed by atoms with Gasteiger partial charge >= 0.3 is 6.11 Å². The minimum Gasteiger partial charge on any atom is -0.427 e. The first kappa shape index (κ1) is 25.8. The lowest BCUT2D eigenvalue weighted by molar-refractivity contribution is -0.185. The van der Waals surface area contributed by atoms with Crippen molar-refractivity contribution >= 4 is 21.6 Å². The molecular formula is C29H19F6NOS. The van der Waals surface area contributed by atoms with Crippen molar-refractivity contribution in [2.75, 3.05) is 0 Å². The van der Waals surface area contributed by atoms with Crippen LogP contribution in [0.5, 0.6) is 5.75 Å². The van der Waals surface area contributed by atoms with E-state index in [0.29, 0.717) is 46.6 Å². The summed E-state index contributed by atoms with van der Waals surface area (Å²) >= 11 is 0.653. The van der Waals surface area contributed by atoms with Gasteiger partial charge in [0.05, 0.1) is 10.2 Å². The van der Waals surface area contributed by atoms with Gasteiger partial charge in [-0.15, -0.1) is 11.3 Å². The van der Waals surface area contributed by atoms with Crippen LogP contribution in [-0.4, -0.2) is 4.98 Å². The van der Waals surface area contributed by atoms with Crippen LogP contribution in [0.25, 0.3) is 21.3 Å². The van der Waals surface area contributed by atoms with Crippen LogP contribution >= 0.6 is 11.3 Å². The van der Waals surface area contributed by atoms with Gasteiger partial charge in [0, 0.05) is 12.1 Å². The molecule has 0 unspecified atom stereocenters. The van der Waals surface area contributed by atoms with Crippen LogP contribution < -0.4 is 4.74 Å². The number of aryl methyl sites for hydroxylation is 3. The molecule has 0 aliphatic rings. The highest BCUT2D eigenvalue weighted by Gasteiger charge is 2.39. The van der Waals surface area contributed by atoms with Gasteiger partial charge in [-0.25, -0.2) is 22.5 Å². The van der Waals surface area contributed by atoms with E-state index >= 15 is 0 Å². The van der Waals surface area contributed by atoms with Crippen LogP contribution in [0, 0.1) is 30.2 Å². The Morgan fingerprint density at radius 3 is 2.13 bits per heavy atom. The number of hydrogen-bond acceptors (Lipinski definition) is 3. The van der Waals surface area contributed by atoms with Gasteiger partial charge in [0.1, 0.15) is 11.6 Å². The fraction of sp³-hybridized carbons (Fsp3) is 0.138. The summed E-state index contributed by atoms with van der Waals surface area (Å²) in [6.45, 7) is 1.98. The zero-order valence-electron chi connectivity index (χ0n) is 19.9. The highest BCUT2D eigenvalue weighted by Crippen LogP contribution is 2.37. The molecule has 0 spiro atoms. The van der Waals surface area contributed by atoms with Crippen molar-refractivity contribution in [3.63, 3.8) is 0 Å². The van der Waals surface area contributed by atoms with Gasteiger partial charge in [-0.05, 0) is 60.2 Å². The first-order valence-electron chi connectivity index (χ1n) is 11.6. The van der Waals surface area contributed by atoms with Gasteiger partial charge in [0.15, 0.2) is 17.5 Å². The van der Waals surface area contributed by atoms with E-state index in [1.54, 1.807) is 24.3 Å². The number of nitrogens with zero attached hydrogens (tertiary/aromatic N) is 1. The van der Waals surface area contributed by atoms with Crippen LogP contribution in [0.2, 0.25) is 0 Å². The van der Waals surface area contributed by atoms with Gasteiger partial charge in [-0.3, -0.25) is 0 Å². The van der Waals surface area contributed by atoms with E-state index in [1.807, 2.05) is 37.3 Å². The van der Waals surface area contributed by atoms with Crippen molar-refractivity contribution in [1.82, 2.24) is 4.98 Å². The standard InChI is InChI=1S/C29H19F6NOS/c1-16-2-6-18(7-3-16)20-10-9-19(22(30)13-20)8-4-17-5-11-25-26(12-17)38-28(36-25)29(34,35)37-21-14-23(31)27(33)24(32)15-21/h2-3,5-7,9-15H,4,8H2,1H3. The first-order chi connectivity index (χ1) is 18.1. The Kier molecular flexibility index (Phi) is 6.88. The summed E-state index contributed by atoms with van der Waals surface area (Å²) in [5.74, 6) is -6.27. The van der Waals surface area contributed by atoms with Crippen molar-refractivity contribution in [3.05, 3.63) is 118 Å². The largest absolute Gasteiger partial charge is 0.454 e. The molecule has 0 fully saturated rings. The van der Waals surface area contributed by atoms with E-state index in [9.17, 15) is 26.3 Å². The van der Waals surface area contributed by atoms with Crippen molar-refractivity contribution in [1.29, 1.82) is 0 Å². The van der Waals surface area contributed by atoms with Crippen molar-refractivity contribution in [2.45, 2.75) is 25.9 Å². The summed E-state index contributed by atoms with van der Waals surface area (Å²) in [5, 5.41) is -0.729. The van der Waals surface area contributed by atoms with Crippen molar-refractivity contribution < 1.29 is 31.1 Å². The third-order valence-corrected chi connectivity index (χ3v) is 7.10. The fourth-order valence-corrected chi connectivity index (χ4v) is 4.93. The Bertz CT molecular complexity index is 1610. The van der Waals surface area contributed by atoms with E-state index in [1.165, 1.54) is 6.07 Å². The molecule has 0 saturated heterocycles. The lowest BCUT2D eigenvalue weighted by Crippen LogP contribution is -2.21. The molecule has 194 valence electrons. The molecule has 4 aromatic carbocycles. The molecule has 0 N–H and O–H groups in total. The molecule has 0 radical (unpaired) electrons. The second kappa shape index (κ2) is 10.1. The summed E-state index contributed by atoms with van der Waals surface area (Å²) in [5.41, 5.74) is 4.42. The Hall–Kier alpha value is -3.85. The van der Waals surface area contributed by atoms with Gasteiger partial charge < -0.3 is 4.74 Å². The number of thiazole rings is 1. The number of aromatic nitrogens is 1. The minimum atomic E-state index is -4.01. The minimum absolute atomic E-state index is 0.280. The van der Waals surface area contributed by atoms with Gasteiger partial charge in [-0.2, -0.15) is 8.78 Å². The van der Waals surface area contributed by atoms with Crippen molar-refractivity contribution in [3.8, 4) is 16.9 Å². The molecule has 9 heteroatoms. The summed E-state index contributed by atoms with van der Waals surface area (Å²) in [6, 6.07) is 18.5. The van der Waals surface area contributed by atoms with Crippen LogP contribution in [0.15, 0.2) is 72.8 Å². The van der Waals surface area contributed by atoms with Gasteiger partial charge in [0.25, 0.3) is 0 Å². The molecule has 0 amide bonds. The Balaban J connectivity index is 1.30. The van der Waals surface area contributed by atoms with Crippen LogP contribution in [0.4, 0.5) is 26.3 Å². The summed E-state index contributed by atoms with van der Waals surface area (Å²) in [6.07, 6.45) is -3.15. The number of ether oxygens (including phenoxy) is 1. The second-order valence-electron chi connectivity index (χ2n) is 8.81. The highest BCUT2D eigenvalue weighted by molar-refractivity contribution is 7.18. The van der Waals surface area contributed by atoms with Gasteiger partial charge in [-0.1, -0.05) is 48.0 Å². The lowest BCUT2D eigenvalue weighted by atomic mass is 9.99. The monoisotopic (exact) mass is 543 g/mol. The molecule has 0 bridgehead atoms. The SMILES string of the molecule is Cc1ccc(-c2ccc(CCc3ccc4nc(C(F)(F)Oc5cc(F)c(F)c(F)c5)sc4c3)c(F)c2)cc1. The molecule has 1 heterocycles. The molecule has 5 rings (SSSR count). The molecule has 2 nitrogen and oxygen atoms in total. The lowest BCUT2D eigenvalue weighted by Gasteiger charge is -2.15. The summed E-state index contributed by atoms with van der Waals surface area (Å²) in [7, 11) is 0. The number of benzene rings is 4. The summed E-state index contributed by atoms with van der Waals surface area (Å²) in [4.78, 5) is 3.88. The predicted molar refractivity (Wildman–Crippen MR) is 134 cm³/mol. The average molecular weight is 544 g/mol. The Morgan fingerprint density at radius 2 is 1.45 bits per heavy atom. The molecule has 0 atom stereocenters. The fourth-order valence-electron chi connectivity index (χ4n) is 3.99. The van der Waals surface area contributed by atoms with Crippen LogP contribution in [0.1, 0.15) is 21.7 Å². The number of hydrogen-bond donors (Lipinski definition) is 0. The molecule has 38 heavy (non-hydrogen) atoms. The maximum atomic E-state index is 14.8. The van der Waals surface area contributed by atoms with E-state index in [-0.39, 0.29) is 11.3 Å². The molecule has 0 aliphatic heterocycles. The number of halogens is 6. The van der Waals surface area contributed by atoms with E-state index in [4.69, 9.17) is 0 Å². The Labute approximate surface area is 218 Å². The zero-order valence-corrected chi connectivity index (χ0v) is 20.7. The molecular weight excluding hydrogens is 524 g/mol. The Morgan fingerprint density at radius 1 is 0.763 bits per heavy atom. The molecule has 5 aromatic rings. The van der Waals surface area contributed by atoms with E-state index < -0.39 is 34.3 Å². The predicted octanol–water partition coefficient (Wildman–Crippen LogP) is 8.74. The third-order valence-electron chi connectivity index (χ3n) is 6.03. The van der Waals surface area contributed by atoms with E-state index in [0.717, 1.165) is 22.3 Å². The van der Waals surface area contributed by atoms with Gasteiger partial charge in [0.2, 0.25) is 5.01 Å². The highest BCUT2D eigenvalue weighted by atomic mass is 32.1. The van der Waals surface area contributed by atoms with E-state index in [2.05, 4.69) is 9.72 Å².